The fourth-order valence-corrected chi connectivity index (χ4v) is 2.60. The number of nitrogens with zero attached hydrogens (tertiary/aromatic N) is 1. The highest BCUT2D eigenvalue weighted by Gasteiger charge is 2.17. The van der Waals surface area contributed by atoms with Crippen LogP contribution in [0.25, 0.3) is 0 Å². The van der Waals surface area contributed by atoms with E-state index in [1.54, 1.807) is 54.5 Å². The number of phenols is 1. The number of carbonyl (C=O) groups is 1. The zero-order valence-electron chi connectivity index (χ0n) is 11.8. The lowest BCUT2D eigenvalue weighted by atomic mass is 10.1. The standard InChI is InChI=1S/C16H16BrNO3/c1-3-18(12-5-4-6-13(19)10-12)16(20)11-7-8-15(21-2)14(17)9-11/h4-10,19H,3H2,1-2H3. The summed E-state index contributed by atoms with van der Waals surface area (Å²) >= 11 is 3.38. The molecular weight excluding hydrogens is 334 g/mol. The molecule has 2 aromatic carbocycles. The van der Waals surface area contributed by atoms with Crippen LogP contribution in [0.3, 0.4) is 0 Å². The number of carbonyl (C=O) groups excluding carboxylic acids is 1. The number of methoxy groups -OCH3 is 1. The third-order valence-electron chi connectivity index (χ3n) is 3.10. The van der Waals surface area contributed by atoms with E-state index in [2.05, 4.69) is 15.9 Å². The summed E-state index contributed by atoms with van der Waals surface area (Å²) in [5, 5.41) is 9.56. The zero-order chi connectivity index (χ0) is 15.4. The van der Waals surface area contributed by atoms with Gasteiger partial charge in [-0.2, -0.15) is 0 Å². The van der Waals surface area contributed by atoms with Gasteiger partial charge >= 0.3 is 0 Å². The van der Waals surface area contributed by atoms with Crippen molar-refractivity contribution in [2.45, 2.75) is 6.92 Å². The van der Waals surface area contributed by atoms with E-state index in [4.69, 9.17) is 4.74 Å². The van der Waals surface area contributed by atoms with Crippen molar-refractivity contribution in [3.05, 3.63) is 52.5 Å². The normalized spacial score (nSPS) is 10.2. The number of ether oxygens (including phenoxy) is 1. The molecule has 1 N–H and O–H groups in total. The number of aromatic hydroxyl groups is 1. The molecule has 0 radical (unpaired) electrons. The van der Waals surface area contributed by atoms with Gasteiger partial charge in [0.05, 0.1) is 11.6 Å². The molecule has 21 heavy (non-hydrogen) atoms. The Bertz CT molecular complexity index is 658. The Morgan fingerprint density at radius 1 is 1.29 bits per heavy atom. The summed E-state index contributed by atoms with van der Waals surface area (Å²) in [6.45, 7) is 2.40. The molecule has 1 amide bonds. The first-order valence-electron chi connectivity index (χ1n) is 6.51. The molecule has 110 valence electrons. The monoisotopic (exact) mass is 349 g/mol. The fourth-order valence-electron chi connectivity index (χ4n) is 2.06. The maximum absolute atomic E-state index is 12.6. The Hall–Kier alpha value is -2.01. The van der Waals surface area contributed by atoms with E-state index in [0.717, 1.165) is 4.47 Å². The van der Waals surface area contributed by atoms with E-state index >= 15 is 0 Å². The van der Waals surface area contributed by atoms with Gasteiger partial charge < -0.3 is 14.7 Å². The van der Waals surface area contributed by atoms with Gasteiger partial charge in [0.15, 0.2) is 0 Å². The van der Waals surface area contributed by atoms with Crippen molar-refractivity contribution in [3.63, 3.8) is 0 Å². The van der Waals surface area contributed by atoms with Crippen LogP contribution in [-0.2, 0) is 0 Å². The summed E-state index contributed by atoms with van der Waals surface area (Å²) in [5.41, 5.74) is 1.21. The predicted molar refractivity (Wildman–Crippen MR) is 86.2 cm³/mol. The van der Waals surface area contributed by atoms with Gasteiger partial charge in [0.25, 0.3) is 5.91 Å². The van der Waals surface area contributed by atoms with E-state index in [9.17, 15) is 9.90 Å². The van der Waals surface area contributed by atoms with Gasteiger partial charge in [0.1, 0.15) is 11.5 Å². The number of benzene rings is 2. The van der Waals surface area contributed by atoms with Gasteiger partial charge in [-0.25, -0.2) is 0 Å². The minimum Gasteiger partial charge on any atom is -0.508 e. The molecule has 0 bridgehead atoms. The van der Waals surface area contributed by atoms with Crippen LogP contribution >= 0.6 is 15.9 Å². The van der Waals surface area contributed by atoms with Crippen LogP contribution in [0.15, 0.2) is 46.9 Å². The third-order valence-corrected chi connectivity index (χ3v) is 3.72. The van der Waals surface area contributed by atoms with Gasteiger partial charge in [-0.1, -0.05) is 6.07 Å². The molecule has 5 heteroatoms. The number of anilines is 1. The van der Waals surface area contributed by atoms with Crippen molar-refractivity contribution in [2.75, 3.05) is 18.6 Å². The lowest BCUT2D eigenvalue weighted by molar-refractivity contribution is 0.0988. The summed E-state index contributed by atoms with van der Waals surface area (Å²) in [7, 11) is 1.58. The maximum atomic E-state index is 12.6. The molecule has 0 spiro atoms. The van der Waals surface area contributed by atoms with Crippen LogP contribution < -0.4 is 9.64 Å². The molecular formula is C16H16BrNO3. The molecule has 2 rings (SSSR count). The number of hydrogen-bond donors (Lipinski definition) is 1. The number of rotatable bonds is 4. The van der Waals surface area contributed by atoms with Gasteiger partial charge in [0.2, 0.25) is 0 Å². The molecule has 0 aromatic heterocycles. The van der Waals surface area contributed by atoms with Crippen LogP contribution in [0.1, 0.15) is 17.3 Å². The molecule has 0 aliphatic rings. The van der Waals surface area contributed by atoms with Crippen molar-refractivity contribution in [2.24, 2.45) is 0 Å². The van der Waals surface area contributed by atoms with Crippen LogP contribution in [0.2, 0.25) is 0 Å². The number of halogens is 1. The molecule has 0 heterocycles. The van der Waals surface area contributed by atoms with E-state index in [0.29, 0.717) is 23.5 Å². The number of amides is 1. The van der Waals surface area contributed by atoms with E-state index in [1.165, 1.54) is 0 Å². The molecule has 0 aliphatic heterocycles. The largest absolute Gasteiger partial charge is 0.508 e. The van der Waals surface area contributed by atoms with E-state index in [1.807, 2.05) is 6.92 Å². The first kappa shape index (κ1) is 15.4. The first-order chi connectivity index (χ1) is 10.1. The molecule has 0 atom stereocenters. The Kier molecular flexibility index (Phi) is 4.85. The highest BCUT2D eigenvalue weighted by Crippen LogP contribution is 2.27. The summed E-state index contributed by atoms with van der Waals surface area (Å²) in [5.74, 6) is 0.674. The van der Waals surface area contributed by atoms with Crippen LogP contribution in [-0.4, -0.2) is 24.7 Å². The highest BCUT2D eigenvalue weighted by atomic mass is 79.9. The second-order valence-corrected chi connectivity index (χ2v) is 5.27. The second kappa shape index (κ2) is 6.63. The summed E-state index contributed by atoms with van der Waals surface area (Å²) in [4.78, 5) is 14.2. The molecule has 4 nitrogen and oxygen atoms in total. The summed E-state index contributed by atoms with van der Waals surface area (Å²) < 4.78 is 5.89. The van der Waals surface area contributed by atoms with Gasteiger partial charge in [0, 0.05) is 23.9 Å². The average Bonchev–Trinajstić information content (AvgIpc) is 2.48. The van der Waals surface area contributed by atoms with Crippen molar-refractivity contribution in [3.8, 4) is 11.5 Å². The Morgan fingerprint density at radius 3 is 2.62 bits per heavy atom. The van der Waals surface area contributed by atoms with Crippen molar-refractivity contribution in [1.29, 1.82) is 0 Å². The Morgan fingerprint density at radius 2 is 2.05 bits per heavy atom. The smallest absolute Gasteiger partial charge is 0.258 e. The van der Waals surface area contributed by atoms with Gasteiger partial charge in [-0.05, 0) is 53.2 Å². The number of hydrogen-bond acceptors (Lipinski definition) is 3. The Labute approximate surface area is 132 Å². The summed E-state index contributed by atoms with van der Waals surface area (Å²) in [6, 6.07) is 11.8. The first-order valence-corrected chi connectivity index (χ1v) is 7.30. The molecule has 0 aliphatic carbocycles. The molecule has 2 aromatic rings. The predicted octanol–water partition coefficient (Wildman–Crippen LogP) is 3.83. The highest BCUT2D eigenvalue weighted by molar-refractivity contribution is 9.10. The topological polar surface area (TPSA) is 49.8 Å². The minimum absolute atomic E-state index is 0.133. The molecule has 0 saturated carbocycles. The third kappa shape index (κ3) is 3.36. The molecule has 0 saturated heterocycles. The fraction of sp³-hybridized carbons (Fsp3) is 0.188. The average molecular weight is 350 g/mol. The molecule has 0 fully saturated rings. The minimum atomic E-state index is -0.133. The van der Waals surface area contributed by atoms with Gasteiger partial charge in [-0.15, -0.1) is 0 Å². The maximum Gasteiger partial charge on any atom is 0.258 e. The van der Waals surface area contributed by atoms with Crippen LogP contribution in [0.5, 0.6) is 11.5 Å². The van der Waals surface area contributed by atoms with Crippen LogP contribution in [0.4, 0.5) is 5.69 Å². The second-order valence-electron chi connectivity index (χ2n) is 4.42. The van der Waals surface area contributed by atoms with Crippen molar-refractivity contribution >= 4 is 27.5 Å². The Balaban J connectivity index is 2.34. The lowest BCUT2D eigenvalue weighted by Gasteiger charge is -2.21. The SMILES string of the molecule is CCN(C(=O)c1ccc(OC)c(Br)c1)c1cccc(O)c1. The van der Waals surface area contributed by atoms with E-state index in [-0.39, 0.29) is 11.7 Å². The number of phenolic OH excluding ortho intramolecular Hbond substituents is 1. The quantitative estimate of drug-likeness (QED) is 0.912. The molecule has 0 unspecified atom stereocenters. The summed E-state index contributed by atoms with van der Waals surface area (Å²) in [6.07, 6.45) is 0. The zero-order valence-corrected chi connectivity index (χ0v) is 13.4. The van der Waals surface area contributed by atoms with Crippen molar-refractivity contribution < 1.29 is 14.6 Å². The van der Waals surface area contributed by atoms with Crippen molar-refractivity contribution in [1.82, 2.24) is 0 Å². The lowest BCUT2D eigenvalue weighted by Crippen LogP contribution is -2.30. The van der Waals surface area contributed by atoms with Gasteiger partial charge in [-0.3, -0.25) is 4.79 Å². The van der Waals surface area contributed by atoms with E-state index < -0.39 is 0 Å². The van der Waals surface area contributed by atoms with Crippen LogP contribution in [0, 0.1) is 0 Å².